The first-order valence-corrected chi connectivity index (χ1v) is 22.0. The molecule has 4 aromatic heterocycles. The number of carbonyl (C=O) groups excluding carboxylic acids is 2. The number of methoxy groups -OCH3 is 2. The molecule has 0 radical (unpaired) electrons. The number of rotatable bonds is 8. The molecule has 10 rings (SSSR count). The fourth-order valence-electron chi connectivity index (χ4n) is 10.1. The Hall–Kier alpha value is -6.43. The molecule has 16 nitrogen and oxygen atoms in total. The van der Waals surface area contributed by atoms with Gasteiger partial charge in [-0.15, -0.1) is 11.3 Å². The third-order valence-corrected chi connectivity index (χ3v) is 15.1. The topological polar surface area (TPSA) is 178 Å². The van der Waals surface area contributed by atoms with Crippen molar-refractivity contribution in [3.63, 3.8) is 0 Å². The highest BCUT2D eigenvalue weighted by Crippen LogP contribution is 2.62. The van der Waals surface area contributed by atoms with Crippen LogP contribution < -0.4 is 31.3 Å². The van der Waals surface area contributed by atoms with Crippen molar-refractivity contribution in [2.24, 2.45) is 25.4 Å². The van der Waals surface area contributed by atoms with E-state index in [2.05, 4.69) is 4.98 Å². The number of ether oxygens (including phenoxy) is 2. The number of hydrogen-bond donors (Lipinski definition) is 1. The number of fused-ring (bicyclic) bond motifs is 6. The normalized spacial score (nSPS) is 20.5. The minimum Gasteiger partial charge on any atom is -0.508 e. The van der Waals surface area contributed by atoms with Crippen molar-refractivity contribution in [2.75, 3.05) is 19.1 Å². The molecule has 6 heterocycles. The van der Waals surface area contributed by atoms with Gasteiger partial charge in [0.1, 0.15) is 23.0 Å². The van der Waals surface area contributed by atoms with Gasteiger partial charge in [-0.2, -0.15) is 5.10 Å². The lowest BCUT2D eigenvalue weighted by molar-refractivity contribution is -0.129. The summed E-state index contributed by atoms with van der Waals surface area (Å²) >= 11 is 14.4. The Balaban J connectivity index is 1.05. The summed E-state index contributed by atoms with van der Waals surface area (Å²) in [5.74, 6) is -2.02. The number of aromatic nitrogens is 7. The summed E-state index contributed by atoms with van der Waals surface area (Å²) in [5.41, 5.74) is 0.355. The van der Waals surface area contributed by atoms with Crippen LogP contribution in [0.3, 0.4) is 0 Å². The number of anilines is 1. The van der Waals surface area contributed by atoms with E-state index >= 15 is 4.79 Å². The van der Waals surface area contributed by atoms with Gasteiger partial charge in [-0.3, -0.25) is 19.1 Å². The van der Waals surface area contributed by atoms with Gasteiger partial charge >= 0.3 is 11.4 Å². The lowest BCUT2D eigenvalue weighted by Crippen LogP contribution is -2.49. The van der Waals surface area contributed by atoms with Crippen LogP contribution in [-0.2, 0) is 43.2 Å². The van der Waals surface area contributed by atoms with E-state index in [0.717, 1.165) is 30.0 Å². The smallest absolute Gasteiger partial charge is 0.347 e. The number of benzene rings is 3. The average Bonchev–Trinajstić information content (AvgIpc) is 3.95. The number of aromatic hydroxyl groups is 1. The maximum absolute atomic E-state index is 15.2. The molecule has 64 heavy (non-hydrogen) atoms. The molecule has 0 spiro atoms. The zero-order chi connectivity index (χ0) is 45.3. The number of imide groups is 1. The van der Waals surface area contributed by atoms with Crippen LogP contribution in [0.15, 0.2) is 80.6 Å². The van der Waals surface area contributed by atoms with Crippen molar-refractivity contribution in [1.29, 1.82) is 0 Å². The fraction of sp³-hybridized carbons (Fsp3) is 0.311. The van der Waals surface area contributed by atoms with Crippen LogP contribution >= 0.6 is 34.5 Å². The Kier molecular flexibility index (Phi) is 9.63. The second kappa shape index (κ2) is 14.8. The van der Waals surface area contributed by atoms with Crippen LogP contribution in [0.4, 0.5) is 5.82 Å². The van der Waals surface area contributed by atoms with Crippen LogP contribution in [0.1, 0.15) is 42.1 Å². The summed E-state index contributed by atoms with van der Waals surface area (Å²) in [7, 11) is 6.26. The van der Waals surface area contributed by atoms with Crippen molar-refractivity contribution in [1.82, 2.24) is 33.3 Å². The Bertz CT molecular complexity index is 3410. The summed E-state index contributed by atoms with van der Waals surface area (Å²) in [5, 5.41) is 18.1. The second-order valence-electron chi connectivity index (χ2n) is 16.6. The van der Waals surface area contributed by atoms with Gasteiger partial charge in [-0.25, -0.2) is 33.4 Å². The van der Waals surface area contributed by atoms with E-state index in [0.29, 0.717) is 49.4 Å². The maximum atomic E-state index is 15.2. The molecule has 1 saturated carbocycles. The summed E-state index contributed by atoms with van der Waals surface area (Å²) < 4.78 is 18.5. The number of phenolic OH excluding ortho intramolecular Hbond substituents is 1. The van der Waals surface area contributed by atoms with Crippen LogP contribution in [0.2, 0.25) is 10.0 Å². The number of amides is 2. The zero-order valence-electron chi connectivity index (χ0n) is 35.4. The van der Waals surface area contributed by atoms with Crippen LogP contribution in [0.25, 0.3) is 31.7 Å². The van der Waals surface area contributed by atoms with Crippen LogP contribution in [0, 0.1) is 18.3 Å². The third-order valence-electron chi connectivity index (χ3n) is 13.4. The second-order valence-corrected chi connectivity index (χ2v) is 18.6. The highest BCUT2D eigenvalue weighted by atomic mass is 35.5. The SMILES string of the molecule is COc1cc2nc(CCn3c(=O)n4n(c3=O)C3CC5C(=O)N(c6cc(-c7sc8ccc(Cl)cc8c7C)nn6C)C(=O)C5(C)C(c5cc(Cl)ccc5O)C3=CC4)c(=O)n(C)c2cc1OC. The van der Waals surface area contributed by atoms with E-state index in [9.17, 15) is 24.3 Å². The molecule has 1 aliphatic carbocycles. The zero-order valence-corrected chi connectivity index (χ0v) is 37.7. The molecule has 1 saturated heterocycles. The van der Waals surface area contributed by atoms with Crippen molar-refractivity contribution in [2.45, 2.75) is 51.7 Å². The van der Waals surface area contributed by atoms with Gasteiger partial charge in [0.05, 0.1) is 54.0 Å². The molecule has 0 bridgehead atoms. The predicted molar refractivity (Wildman–Crippen MR) is 242 cm³/mol. The Morgan fingerprint density at radius 1 is 0.938 bits per heavy atom. The van der Waals surface area contributed by atoms with Gasteiger partial charge in [-0.1, -0.05) is 29.3 Å². The van der Waals surface area contributed by atoms with Gasteiger partial charge in [0, 0.05) is 71.5 Å². The largest absolute Gasteiger partial charge is 0.508 e. The molecule has 2 aliphatic heterocycles. The number of hydrogen-bond acceptors (Lipinski definition) is 11. The molecule has 1 N–H and O–H groups in total. The average molecular weight is 924 g/mol. The fourth-order valence-corrected chi connectivity index (χ4v) is 11.6. The number of carbonyl (C=O) groups is 2. The summed E-state index contributed by atoms with van der Waals surface area (Å²) in [6, 6.07) is 14.4. The monoisotopic (exact) mass is 922 g/mol. The molecule has 19 heteroatoms. The van der Waals surface area contributed by atoms with Gasteiger partial charge in [0.25, 0.3) is 5.56 Å². The lowest BCUT2D eigenvalue weighted by Gasteiger charge is -2.47. The van der Waals surface area contributed by atoms with Crippen LogP contribution in [0.5, 0.6) is 17.2 Å². The number of halogens is 2. The van der Waals surface area contributed by atoms with E-state index in [4.69, 9.17) is 37.8 Å². The molecule has 3 aliphatic rings. The molecule has 4 unspecified atom stereocenters. The highest BCUT2D eigenvalue weighted by Gasteiger charge is 2.66. The molecule has 7 aromatic rings. The van der Waals surface area contributed by atoms with E-state index in [1.165, 1.54) is 56.3 Å². The van der Waals surface area contributed by atoms with E-state index in [-0.39, 0.29) is 43.2 Å². The van der Waals surface area contributed by atoms with Gasteiger partial charge in [-0.05, 0) is 73.2 Å². The number of allylic oxidation sites excluding steroid dienone is 2. The van der Waals surface area contributed by atoms with Crippen molar-refractivity contribution < 1.29 is 24.2 Å². The number of aryl methyl sites for hydroxylation is 4. The number of thiophene rings is 1. The van der Waals surface area contributed by atoms with E-state index in [1.54, 1.807) is 51.4 Å². The Labute approximate surface area is 377 Å². The molecule has 2 fully saturated rings. The van der Waals surface area contributed by atoms with Gasteiger partial charge in [0.15, 0.2) is 11.5 Å². The first-order valence-electron chi connectivity index (χ1n) is 20.4. The summed E-state index contributed by atoms with van der Waals surface area (Å²) in [6.07, 6.45) is 1.73. The maximum Gasteiger partial charge on any atom is 0.347 e. The minimum atomic E-state index is -1.47. The highest BCUT2D eigenvalue weighted by molar-refractivity contribution is 7.22. The molecule has 4 atom stereocenters. The number of nitrogens with zero attached hydrogens (tertiary/aromatic N) is 8. The Morgan fingerprint density at radius 2 is 1.66 bits per heavy atom. The van der Waals surface area contributed by atoms with Crippen molar-refractivity contribution in [3.8, 4) is 27.8 Å². The third kappa shape index (κ3) is 5.89. The van der Waals surface area contributed by atoms with Gasteiger partial charge in [0.2, 0.25) is 11.8 Å². The molecular formula is C45H40Cl2N8O8S. The predicted octanol–water partition coefficient (Wildman–Crippen LogP) is 6.12. The molecule has 3 aromatic carbocycles. The Morgan fingerprint density at radius 3 is 2.41 bits per heavy atom. The lowest BCUT2D eigenvalue weighted by atomic mass is 9.56. The first kappa shape index (κ1) is 41.6. The molecule has 2 amide bonds. The quantitative estimate of drug-likeness (QED) is 0.138. The van der Waals surface area contributed by atoms with E-state index < -0.39 is 52.0 Å². The van der Waals surface area contributed by atoms with Gasteiger partial charge < -0.3 is 19.1 Å². The van der Waals surface area contributed by atoms with E-state index in [1.807, 2.05) is 25.1 Å². The van der Waals surface area contributed by atoms with Crippen molar-refractivity contribution in [3.05, 3.63) is 124 Å². The van der Waals surface area contributed by atoms with Crippen LogP contribution in [-0.4, -0.2) is 64.4 Å². The standard InChI is InChI=1S/C45H40Cl2N8O8S/c1-21-25-15-23(47)8-10-36(25)64-39(21)30-19-37(51(4)49-30)54-40(57)27-17-31-24(38(45(27,2)42(54)59)26-16-22(46)7-9-33(26)56)11-14-53-43(60)52(44(61)55(31)53)13-12-28-41(58)50(3)32-20-35(63-6)34(62-5)18-29(32)48-28/h7-11,15-16,18-20,27,31,38,56H,12-14,17H2,1-6H3. The molecule has 328 valence electrons. The molecular weight excluding hydrogens is 884 g/mol. The summed E-state index contributed by atoms with van der Waals surface area (Å²) in [4.78, 5) is 79.1. The van der Waals surface area contributed by atoms with Crippen molar-refractivity contribution >= 4 is 73.3 Å². The minimum absolute atomic E-state index is 0.0104. The first-order chi connectivity index (χ1) is 30.6. The number of phenols is 1. The summed E-state index contributed by atoms with van der Waals surface area (Å²) in [6.45, 7) is 3.48.